The zero-order chi connectivity index (χ0) is 10.6. The first-order valence-corrected chi connectivity index (χ1v) is 3.73. The average molecular weight is 244 g/mol. The van der Waals surface area contributed by atoms with Gasteiger partial charge in [0.05, 0.1) is 5.69 Å². The molecule has 8 heteroatoms. The molecule has 0 spiro atoms. The van der Waals surface area contributed by atoms with Crippen molar-refractivity contribution in [2.75, 3.05) is 6.61 Å². The Balaban J connectivity index is 0.00000196. The quantitative estimate of drug-likeness (QED) is 0.869. The topological polar surface area (TPSA) is 61.0 Å². The second-order valence-electron chi connectivity index (χ2n) is 2.44. The van der Waals surface area contributed by atoms with Crippen molar-refractivity contribution in [2.45, 2.75) is 12.7 Å². The Bertz CT molecular complexity index is 308. The Morgan fingerprint density at radius 1 is 1.40 bits per heavy atom. The molecule has 15 heavy (non-hydrogen) atoms. The highest BCUT2D eigenvalue weighted by atomic mass is 35.5. The fraction of sp³-hybridized carbons (Fsp3) is 0.429. The molecule has 0 fully saturated rings. The number of alkyl halides is 3. The van der Waals surface area contributed by atoms with Gasteiger partial charge in [0.15, 0.2) is 6.61 Å². The Hall–Kier alpha value is -1.08. The van der Waals surface area contributed by atoms with Gasteiger partial charge in [-0.1, -0.05) is 0 Å². The molecule has 0 amide bonds. The van der Waals surface area contributed by atoms with Gasteiger partial charge in [0.25, 0.3) is 0 Å². The highest BCUT2D eigenvalue weighted by molar-refractivity contribution is 5.85. The SMILES string of the molecule is Cl.NCc1ccnc(OCC(F)(F)F)n1. The maximum atomic E-state index is 11.7. The molecule has 4 nitrogen and oxygen atoms in total. The van der Waals surface area contributed by atoms with Crippen LogP contribution in [-0.4, -0.2) is 22.8 Å². The zero-order valence-corrected chi connectivity index (χ0v) is 8.31. The maximum absolute atomic E-state index is 11.7. The first kappa shape index (κ1) is 13.9. The maximum Gasteiger partial charge on any atom is 0.422 e. The van der Waals surface area contributed by atoms with E-state index in [0.717, 1.165) is 0 Å². The zero-order valence-electron chi connectivity index (χ0n) is 7.49. The number of nitrogens with zero attached hydrogens (tertiary/aromatic N) is 2. The summed E-state index contributed by atoms with van der Waals surface area (Å²) in [5.41, 5.74) is 5.66. The highest BCUT2D eigenvalue weighted by Gasteiger charge is 2.28. The molecule has 0 saturated carbocycles. The molecular formula is C7H9ClF3N3O. The van der Waals surface area contributed by atoms with Gasteiger partial charge in [-0.3, -0.25) is 0 Å². The molecule has 1 rings (SSSR count). The molecule has 0 bridgehead atoms. The number of nitrogens with two attached hydrogens (primary N) is 1. The monoisotopic (exact) mass is 243 g/mol. The number of hydrogen-bond donors (Lipinski definition) is 1. The third kappa shape index (κ3) is 5.38. The molecule has 0 aliphatic carbocycles. The molecule has 0 aliphatic rings. The first-order valence-electron chi connectivity index (χ1n) is 3.73. The van der Waals surface area contributed by atoms with Crippen LogP contribution in [0, 0.1) is 0 Å². The van der Waals surface area contributed by atoms with Crippen LogP contribution < -0.4 is 10.5 Å². The van der Waals surface area contributed by atoms with E-state index >= 15 is 0 Å². The van der Waals surface area contributed by atoms with E-state index in [9.17, 15) is 13.2 Å². The number of ether oxygens (including phenoxy) is 1. The molecule has 86 valence electrons. The summed E-state index contributed by atoms with van der Waals surface area (Å²) in [5.74, 6) is 0. The number of rotatable bonds is 3. The summed E-state index contributed by atoms with van der Waals surface area (Å²) in [5, 5.41) is 0. The number of hydrogen-bond acceptors (Lipinski definition) is 4. The smallest absolute Gasteiger partial charge is 0.422 e. The van der Waals surface area contributed by atoms with Crippen molar-refractivity contribution in [1.29, 1.82) is 0 Å². The van der Waals surface area contributed by atoms with Gasteiger partial charge in [-0.15, -0.1) is 12.4 Å². The van der Waals surface area contributed by atoms with E-state index < -0.39 is 12.8 Å². The van der Waals surface area contributed by atoms with Crippen molar-refractivity contribution in [3.05, 3.63) is 18.0 Å². The van der Waals surface area contributed by atoms with Gasteiger partial charge in [0.2, 0.25) is 0 Å². The van der Waals surface area contributed by atoms with E-state index in [1.807, 2.05) is 0 Å². The van der Waals surface area contributed by atoms with Crippen molar-refractivity contribution < 1.29 is 17.9 Å². The van der Waals surface area contributed by atoms with E-state index in [-0.39, 0.29) is 25.0 Å². The van der Waals surface area contributed by atoms with Crippen LogP contribution in [0.15, 0.2) is 12.3 Å². The lowest BCUT2D eigenvalue weighted by molar-refractivity contribution is -0.154. The van der Waals surface area contributed by atoms with Gasteiger partial charge in [0, 0.05) is 12.7 Å². The van der Waals surface area contributed by atoms with Crippen LogP contribution in [0.1, 0.15) is 5.69 Å². The number of halogens is 4. The predicted octanol–water partition coefficient (Wildman–Crippen LogP) is 1.30. The Labute approximate surface area is 90.1 Å². The second-order valence-corrected chi connectivity index (χ2v) is 2.44. The Morgan fingerprint density at radius 3 is 2.60 bits per heavy atom. The van der Waals surface area contributed by atoms with Gasteiger partial charge in [0.1, 0.15) is 0 Å². The van der Waals surface area contributed by atoms with Crippen LogP contribution in [0.3, 0.4) is 0 Å². The molecule has 1 aromatic rings. The van der Waals surface area contributed by atoms with Crippen molar-refractivity contribution in [1.82, 2.24) is 9.97 Å². The van der Waals surface area contributed by atoms with Crippen LogP contribution in [-0.2, 0) is 6.54 Å². The van der Waals surface area contributed by atoms with Gasteiger partial charge < -0.3 is 10.5 Å². The van der Waals surface area contributed by atoms with Gasteiger partial charge in [-0.05, 0) is 6.07 Å². The molecule has 0 saturated heterocycles. The molecule has 0 radical (unpaired) electrons. The van der Waals surface area contributed by atoms with Crippen LogP contribution in [0.25, 0.3) is 0 Å². The minimum atomic E-state index is -4.39. The highest BCUT2D eigenvalue weighted by Crippen LogP contribution is 2.15. The Morgan fingerprint density at radius 2 is 2.07 bits per heavy atom. The van der Waals surface area contributed by atoms with Crippen molar-refractivity contribution in [3.8, 4) is 6.01 Å². The summed E-state index contributed by atoms with van der Waals surface area (Å²) < 4.78 is 39.5. The van der Waals surface area contributed by atoms with Crippen molar-refractivity contribution in [2.24, 2.45) is 5.73 Å². The molecule has 0 aliphatic heterocycles. The lowest BCUT2D eigenvalue weighted by Crippen LogP contribution is -2.20. The van der Waals surface area contributed by atoms with Crippen LogP contribution in [0.4, 0.5) is 13.2 Å². The van der Waals surface area contributed by atoms with Gasteiger partial charge in [-0.25, -0.2) is 4.98 Å². The minimum Gasteiger partial charge on any atom is -0.454 e. The van der Waals surface area contributed by atoms with E-state index in [0.29, 0.717) is 5.69 Å². The third-order valence-corrected chi connectivity index (χ3v) is 1.27. The Kier molecular flexibility index (Phi) is 5.31. The lowest BCUT2D eigenvalue weighted by Gasteiger charge is -2.07. The van der Waals surface area contributed by atoms with Gasteiger partial charge in [-0.2, -0.15) is 18.2 Å². The molecular weight excluding hydrogens is 235 g/mol. The molecule has 2 N–H and O–H groups in total. The summed E-state index contributed by atoms with van der Waals surface area (Å²) in [6.07, 6.45) is -3.09. The predicted molar refractivity (Wildman–Crippen MR) is 48.7 cm³/mol. The fourth-order valence-corrected chi connectivity index (χ4v) is 0.706. The summed E-state index contributed by atoms with van der Waals surface area (Å²) in [7, 11) is 0. The van der Waals surface area contributed by atoms with E-state index in [1.54, 1.807) is 0 Å². The van der Waals surface area contributed by atoms with Crippen molar-refractivity contribution >= 4 is 12.4 Å². The summed E-state index contributed by atoms with van der Waals surface area (Å²) in [6.45, 7) is -1.27. The molecule has 0 unspecified atom stereocenters. The van der Waals surface area contributed by atoms with Gasteiger partial charge >= 0.3 is 12.2 Å². The van der Waals surface area contributed by atoms with Crippen LogP contribution >= 0.6 is 12.4 Å². The summed E-state index contributed by atoms with van der Waals surface area (Å²) in [6, 6.07) is 1.19. The molecule has 1 aromatic heterocycles. The van der Waals surface area contributed by atoms with E-state index in [1.165, 1.54) is 12.3 Å². The molecule has 0 aromatic carbocycles. The van der Waals surface area contributed by atoms with Crippen molar-refractivity contribution in [3.63, 3.8) is 0 Å². The minimum absolute atomic E-state index is 0. The summed E-state index contributed by atoms with van der Waals surface area (Å²) >= 11 is 0. The summed E-state index contributed by atoms with van der Waals surface area (Å²) in [4.78, 5) is 7.14. The molecule has 0 atom stereocenters. The van der Waals surface area contributed by atoms with E-state index in [2.05, 4.69) is 14.7 Å². The lowest BCUT2D eigenvalue weighted by atomic mass is 10.4. The van der Waals surface area contributed by atoms with Crippen LogP contribution in [0.2, 0.25) is 0 Å². The molecule has 1 heterocycles. The van der Waals surface area contributed by atoms with E-state index in [4.69, 9.17) is 5.73 Å². The third-order valence-electron chi connectivity index (χ3n) is 1.27. The largest absolute Gasteiger partial charge is 0.454 e. The first-order chi connectivity index (χ1) is 6.51. The average Bonchev–Trinajstić information content (AvgIpc) is 2.14. The fourth-order valence-electron chi connectivity index (χ4n) is 0.706. The second kappa shape index (κ2) is 5.72. The number of aromatic nitrogens is 2. The van der Waals surface area contributed by atoms with Crippen LogP contribution in [0.5, 0.6) is 6.01 Å². The standard InChI is InChI=1S/C7H8F3N3O.ClH/c8-7(9,10)4-14-6-12-2-1-5(3-11)13-6;/h1-2H,3-4,11H2;1H. The normalized spacial score (nSPS) is 10.7.